The molecule has 7 nitrogen and oxygen atoms in total. The summed E-state index contributed by atoms with van der Waals surface area (Å²) in [6.45, 7) is 0. The van der Waals surface area contributed by atoms with Gasteiger partial charge < -0.3 is 15.3 Å². The lowest BCUT2D eigenvalue weighted by Crippen LogP contribution is -2.60. The summed E-state index contributed by atoms with van der Waals surface area (Å²) in [7, 11) is 1.42. The monoisotopic (exact) mass is 346 g/mol. The smallest absolute Gasteiger partial charge is 0.325 e. The molecule has 2 N–H and O–H groups in total. The van der Waals surface area contributed by atoms with E-state index in [4.69, 9.17) is 0 Å². The minimum Gasteiger partial charge on any atom is -0.508 e. The Bertz CT molecular complexity index is 1000. The Labute approximate surface area is 149 Å². The summed E-state index contributed by atoms with van der Waals surface area (Å²) in [5.74, 6) is -0.270. The van der Waals surface area contributed by atoms with Gasteiger partial charge in [-0.1, -0.05) is 6.07 Å². The van der Waals surface area contributed by atoms with E-state index in [0.717, 1.165) is 10.5 Å². The third-order valence-corrected chi connectivity index (χ3v) is 4.53. The van der Waals surface area contributed by atoms with Crippen molar-refractivity contribution in [3.8, 4) is 11.8 Å². The number of aromatic hydroxyl groups is 1. The van der Waals surface area contributed by atoms with Crippen LogP contribution in [0.25, 0.3) is 6.08 Å². The van der Waals surface area contributed by atoms with Crippen molar-refractivity contribution in [1.29, 1.82) is 5.26 Å². The Morgan fingerprint density at radius 2 is 1.88 bits per heavy atom. The second-order valence-corrected chi connectivity index (χ2v) is 6.09. The molecule has 128 valence electrons. The predicted octanol–water partition coefficient (Wildman–Crippen LogP) is 2.31. The van der Waals surface area contributed by atoms with E-state index in [0.29, 0.717) is 22.5 Å². The first-order valence-electron chi connectivity index (χ1n) is 7.92. The molecule has 1 fully saturated rings. The average Bonchev–Trinajstić information content (AvgIpc) is 2.65. The number of urea groups is 1. The number of nitrogens with zero attached hydrogens (tertiary/aromatic N) is 3. The Balaban J connectivity index is 1.94. The van der Waals surface area contributed by atoms with Crippen LogP contribution in [0.1, 0.15) is 11.1 Å². The van der Waals surface area contributed by atoms with Crippen molar-refractivity contribution in [3.05, 3.63) is 59.2 Å². The van der Waals surface area contributed by atoms with Crippen molar-refractivity contribution in [3.63, 3.8) is 0 Å². The van der Waals surface area contributed by atoms with Crippen molar-refractivity contribution >= 4 is 29.4 Å². The summed E-state index contributed by atoms with van der Waals surface area (Å²) in [6.07, 6.45) is 1.04. The van der Waals surface area contributed by atoms with E-state index in [2.05, 4.69) is 11.4 Å². The van der Waals surface area contributed by atoms with Gasteiger partial charge in [-0.2, -0.15) is 5.26 Å². The van der Waals surface area contributed by atoms with Gasteiger partial charge in [-0.15, -0.1) is 0 Å². The lowest BCUT2D eigenvalue weighted by Gasteiger charge is -2.42. The fourth-order valence-electron chi connectivity index (χ4n) is 3.19. The Morgan fingerprint density at radius 3 is 2.58 bits per heavy atom. The molecule has 1 atom stereocenters. The fraction of sp³-hybridized carbons (Fsp3) is 0.105. The molecule has 0 aliphatic carbocycles. The van der Waals surface area contributed by atoms with Crippen LogP contribution < -0.4 is 10.2 Å². The third kappa shape index (κ3) is 2.28. The van der Waals surface area contributed by atoms with Gasteiger partial charge in [-0.05, 0) is 48.0 Å². The van der Waals surface area contributed by atoms with Crippen LogP contribution in [-0.2, 0) is 4.79 Å². The largest absolute Gasteiger partial charge is 0.508 e. The van der Waals surface area contributed by atoms with Crippen molar-refractivity contribution < 1.29 is 14.7 Å². The van der Waals surface area contributed by atoms with Gasteiger partial charge in [0.15, 0.2) is 0 Å². The highest BCUT2D eigenvalue weighted by molar-refractivity contribution is 6.12. The molecule has 0 spiro atoms. The number of carbonyl (C=O) groups excluding carboxylic acids is 2. The van der Waals surface area contributed by atoms with Crippen LogP contribution >= 0.6 is 0 Å². The zero-order chi connectivity index (χ0) is 18.4. The van der Waals surface area contributed by atoms with Crippen LogP contribution in [0, 0.1) is 11.3 Å². The number of carbonyl (C=O) groups is 2. The van der Waals surface area contributed by atoms with Gasteiger partial charge in [-0.25, -0.2) is 4.79 Å². The van der Waals surface area contributed by atoms with Crippen LogP contribution in [-0.4, -0.2) is 35.2 Å². The Morgan fingerprint density at radius 1 is 1.15 bits per heavy atom. The zero-order valence-corrected chi connectivity index (χ0v) is 13.8. The predicted molar refractivity (Wildman–Crippen MR) is 94.5 cm³/mol. The highest BCUT2D eigenvalue weighted by Gasteiger charge is 2.41. The molecule has 7 heteroatoms. The summed E-state index contributed by atoms with van der Waals surface area (Å²) in [4.78, 5) is 27.6. The Hall–Kier alpha value is -3.79. The molecule has 3 amide bonds. The van der Waals surface area contributed by atoms with E-state index in [-0.39, 0.29) is 11.7 Å². The van der Waals surface area contributed by atoms with Gasteiger partial charge >= 0.3 is 6.03 Å². The number of amides is 3. The molecule has 0 aromatic heterocycles. The number of phenols is 1. The van der Waals surface area contributed by atoms with Crippen LogP contribution in [0.5, 0.6) is 5.75 Å². The second kappa shape index (κ2) is 5.63. The van der Waals surface area contributed by atoms with Gasteiger partial charge in [0.1, 0.15) is 11.9 Å². The molecular weight excluding hydrogens is 332 g/mol. The van der Waals surface area contributed by atoms with E-state index in [1.165, 1.54) is 19.2 Å². The van der Waals surface area contributed by atoms with Gasteiger partial charge in [0.2, 0.25) is 0 Å². The number of imide groups is 1. The zero-order valence-electron chi connectivity index (χ0n) is 13.8. The first kappa shape index (κ1) is 15.7. The van der Waals surface area contributed by atoms with Gasteiger partial charge in [0.25, 0.3) is 5.91 Å². The second-order valence-electron chi connectivity index (χ2n) is 6.09. The molecule has 1 unspecified atom stereocenters. The fourth-order valence-corrected chi connectivity index (χ4v) is 3.19. The summed E-state index contributed by atoms with van der Waals surface area (Å²) in [5, 5.41) is 21.6. The number of anilines is 2. The number of phenolic OH excluding ortho intramolecular Hbond substituents is 1. The van der Waals surface area contributed by atoms with E-state index >= 15 is 0 Å². The molecule has 2 aromatic rings. The number of rotatable bonds is 1. The topological polar surface area (TPSA) is 96.7 Å². The van der Waals surface area contributed by atoms with E-state index in [1.807, 2.05) is 0 Å². The maximum absolute atomic E-state index is 12.6. The molecule has 0 bridgehead atoms. The highest BCUT2D eigenvalue weighted by atomic mass is 16.3. The summed E-state index contributed by atoms with van der Waals surface area (Å²) in [5.41, 5.74) is 3.03. The maximum Gasteiger partial charge on any atom is 0.325 e. The van der Waals surface area contributed by atoms with Crippen molar-refractivity contribution in [2.75, 3.05) is 11.9 Å². The molecule has 4 rings (SSSR count). The van der Waals surface area contributed by atoms with Crippen LogP contribution in [0.15, 0.2) is 48.0 Å². The number of nitriles is 1. The molecular formula is C19H14N4O3. The van der Waals surface area contributed by atoms with Gasteiger partial charge in [0, 0.05) is 12.7 Å². The molecule has 26 heavy (non-hydrogen) atoms. The first-order chi connectivity index (χ1) is 12.5. The van der Waals surface area contributed by atoms with Crippen molar-refractivity contribution in [2.45, 2.75) is 6.17 Å². The third-order valence-electron chi connectivity index (χ3n) is 4.53. The van der Waals surface area contributed by atoms with Gasteiger partial charge in [-0.3, -0.25) is 9.69 Å². The van der Waals surface area contributed by atoms with E-state index in [1.54, 1.807) is 41.3 Å². The van der Waals surface area contributed by atoms with Crippen LogP contribution in [0.2, 0.25) is 0 Å². The van der Waals surface area contributed by atoms with E-state index < -0.39 is 12.2 Å². The van der Waals surface area contributed by atoms with Crippen molar-refractivity contribution in [2.24, 2.45) is 0 Å². The summed E-state index contributed by atoms with van der Waals surface area (Å²) < 4.78 is 0. The molecule has 0 saturated carbocycles. The highest BCUT2D eigenvalue weighted by Crippen LogP contribution is 2.40. The van der Waals surface area contributed by atoms with Crippen LogP contribution in [0.3, 0.4) is 0 Å². The maximum atomic E-state index is 12.6. The molecule has 2 aliphatic rings. The van der Waals surface area contributed by atoms with Crippen molar-refractivity contribution in [1.82, 2.24) is 10.2 Å². The molecule has 0 radical (unpaired) electrons. The van der Waals surface area contributed by atoms with Crippen LogP contribution in [0.4, 0.5) is 16.2 Å². The van der Waals surface area contributed by atoms with Gasteiger partial charge in [0.05, 0.1) is 22.9 Å². The minimum absolute atomic E-state index is 0.107. The number of hydrogen-bond acceptors (Lipinski definition) is 5. The summed E-state index contributed by atoms with van der Waals surface area (Å²) >= 11 is 0. The quantitative estimate of drug-likeness (QED) is 0.826. The SMILES string of the molecule is CN1C(=O)NC2C(=Cc3ccc(C#N)cc3N2c2ccc(O)cc2)C1=O. The average molecular weight is 346 g/mol. The molecule has 2 aliphatic heterocycles. The Kier molecular flexibility index (Phi) is 3.41. The number of likely N-dealkylation sites (N-methyl/N-ethyl adjacent to an activating group) is 1. The number of benzene rings is 2. The lowest BCUT2D eigenvalue weighted by molar-refractivity contribution is -0.124. The number of fused-ring (bicyclic) bond motifs is 2. The molecule has 2 heterocycles. The normalized spacial score (nSPS) is 18.5. The number of hydrogen-bond donors (Lipinski definition) is 2. The minimum atomic E-state index is -0.697. The van der Waals surface area contributed by atoms with E-state index in [9.17, 15) is 20.0 Å². The number of nitrogens with one attached hydrogen (secondary N) is 1. The summed E-state index contributed by atoms with van der Waals surface area (Å²) in [6, 6.07) is 13.2. The first-order valence-corrected chi connectivity index (χ1v) is 7.92. The standard InChI is InChI=1S/C19H14N4O3/c1-22-18(25)15-9-12-3-2-11(10-20)8-16(12)23(17(15)21-19(22)26)13-4-6-14(24)7-5-13/h2-9,17,24H,1H3,(H,21,26). The lowest BCUT2D eigenvalue weighted by atomic mass is 9.95. The molecule has 1 saturated heterocycles. The molecule has 2 aromatic carbocycles.